The van der Waals surface area contributed by atoms with Crippen molar-refractivity contribution in [2.24, 2.45) is 0 Å². The van der Waals surface area contributed by atoms with Crippen molar-refractivity contribution in [3.8, 4) is 0 Å². The summed E-state index contributed by atoms with van der Waals surface area (Å²) < 4.78 is 13.3. The molecule has 7 heteroatoms. The Kier molecular flexibility index (Phi) is 4.54. The van der Waals surface area contributed by atoms with Crippen LogP contribution in [-0.4, -0.2) is 47.1 Å². The van der Waals surface area contributed by atoms with E-state index in [1.165, 1.54) is 0 Å². The molecular weight excluding hydrogens is 355 g/mol. The first-order valence-corrected chi connectivity index (χ1v) is 9.09. The van der Waals surface area contributed by atoms with Crippen molar-refractivity contribution in [3.05, 3.63) is 52.8 Å². The first-order chi connectivity index (χ1) is 12.5. The molecule has 0 N–H and O–H groups in total. The Morgan fingerprint density at radius 3 is 2.73 bits per heavy atom. The second-order valence-electron chi connectivity index (χ2n) is 6.80. The zero-order chi connectivity index (χ0) is 18.3. The van der Waals surface area contributed by atoms with Crippen LogP contribution in [0, 0.1) is 0 Å². The van der Waals surface area contributed by atoms with E-state index in [0.717, 1.165) is 16.9 Å². The van der Waals surface area contributed by atoms with Crippen molar-refractivity contribution in [3.63, 3.8) is 0 Å². The van der Waals surface area contributed by atoms with Crippen LogP contribution in [0.3, 0.4) is 0 Å². The summed E-state index contributed by atoms with van der Waals surface area (Å²) in [6, 6.07) is 7.59. The fourth-order valence-corrected chi connectivity index (χ4v) is 3.81. The molecule has 26 heavy (non-hydrogen) atoms. The average molecular weight is 375 g/mol. The van der Waals surface area contributed by atoms with Gasteiger partial charge in [-0.05, 0) is 42.7 Å². The minimum absolute atomic E-state index is 0.0229. The highest BCUT2D eigenvalue weighted by Gasteiger charge is 2.29. The molecule has 0 unspecified atom stereocenters. The molecule has 1 fully saturated rings. The minimum atomic E-state index is -0.785. The molecule has 1 aromatic carbocycles. The molecule has 1 amide bonds. The topological polar surface area (TPSA) is 39.7 Å². The average Bonchev–Trinajstić information content (AvgIpc) is 2.96. The highest BCUT2D eigenvalue weighted by Crippen LogP contribution is 2.37. The maximum Gasteiger partial charge on any atom is 0.253 e. The summed E-state index contributed by atoms with van der Waals surface area (Å²) in [5, 5.41) is 4.67. The third-order valence-electron chi connectivity index (χ3n) is 4.94. The monoisotopic (exact) mass is 374 g/mol. The van der Waals surface area contributed by atoms with Gasteiger partial charge in [0, 0.05) is 38.4 Å². The first kappa shape index (κ1) is 17.2. The third kappa shape index (κ3) is 3.15. The van der Waals surface area contributed by atoms with Gasteiger partial charge in [0.15, 0.2) is 0 Å². The number of benzene rings is 1. The van der Waals surface area contributed by atoms with E-state index in [0.29, 0.717) is 43.1 Å². The summed E-state index contributed by atoms with van der Waals surface area (Å²) in [6.45, 7) is 1.66. The van der Waals surface area contributed by atoms with Crippen LogP contribution in [0.5, 0.6) is 0 Å². The van der Waals surface area contributed by atoms with Crippen molar-refractivity contribution in [1.29, 1.82) is 0 Å². The molecule has 136 valence electrons. The molecule has 3 heterocycles. The van der Waals surface area contributed by atoms with E-state index in [1.54, 1.807) is 17.3 Å². The number of carbonyl (C=O) groups is 1. The molecule has 2 aliphatic rings. The summed E-state index contributed by atoms with van der Waals surface area (Å²) in [7, 11) is 1.98. The quantitative estimate of drug-likeness (QED) is 0.801. The van der Waals surface area contributed by atoms with Crippen molar-refractivity contribution in [2.45, 2.75) is 25.6 Å². The fraction of sp³-hybridized carbons (Fsp3) is 0.368. The summed E-state index contributed by atoms with van der Waals surface area (Å²) in [6.07, 6.45) is 3.43. The maximum absolute atomic E-state index is 13.3. The Balaban J connectivity index is 1.60. The van der Waals surface area contributed by atoms with Gasteiger partial charge in [0.1, 0.15) is 6.17 Å². The van der Waals surface area contributed by atoms with Crippen LogP contribution in [-0.2, 0) is 6.54 Å². The van der Waals surface area contributed by atoms with Crippen LogP contribution < -0.4 is 5.01 Å². The van der Waals surface area contributed by atoms with Gasteiger partial charge in [0.05, 0.1) is 22.6 Å². The second-order valence-corrected chi connectivity index (χ2v) is 7.24. The molecule has 5 nitrogen and oxygen atoms in total. The number of anilines is 2. The van der Waals surface area contributed by atoms with Crippen LogP contribution in [0.25, 0.3) is 0 Å². The van der Waals surface area contributed by atoms with Gasteiger partial charge in [-0.2, -0.15) is 0 Å². The van der Waals surface area contributed by atoms with Gasteiger partial charge in [-0.3, -0.25) is 14.8 Å². The third-order valence-corrected chi connectivity index (χ3v) is 5.15. The fourth-order valence-electron chi connectivity index (χ4n) is 3.64. The predicted octanol–water partition coefficient (Wildman–Crippen LogP) is 3.81. The smallest absolute Gasteiger partial charge is 0.253 e. The zero-order valence-corrected chi connectivity index (χ0v) is 15.3. The summed E-state index contributed by atoms with van der Waals surface area (Å²) in [4.78, 5) is 18.6. The Bertz CT molecular complexity index is 838. The van der Waals surface area contributed by atoms with E-state index in [2.05, 4.69) is 9.99 Å². The first-order valence-electron chi connectivity index (χ1n) is 8.71. The number of piperidine rings is 1. The molecule has 4 rings (SSSR count). The Labute approximate surface area is 156 Å². The van der Waals surface area contributed by atoms with E-state index in [9.17, 15) is 9.18 Å². The number of alkyl halides is 1. The molecule has 0 saturated carbocycles. The van der Waals surface area contributed by atoms with E-state index >= 15 is 0 Å². The van der Waals surface area contributed by atoms with Gasteiger partial charge in [-0.15, -0.1) is 0 Å². The molecule has 0 aliphatic carbocycles. The van der Waals surface area contributed by atoms with Gasteiger partial charge in [-0.1, -0.05) is 11.6 Å². The van der Waals surface area contributed by atoms with Crippen molar-refractivity contribution < 1.29 is 9.18 Å². The minimum Gasteiger partial charge on any atom is -0.338 e. The summed E-state index contributed by atoms with van der Waals surface area (Å²) in [5.74, 6) is -0.0229. The van der Waals surface area contributed by atoms with Crippen LogP contribution in [0.2, 0.25) is 5.02 Å². The molecular formula is C19H20ClFN4O. The van der Waals surface area contributed by atoms with Gasteiger partial charge in [-0.25, -0.2) is 9.40 Å². The van der Waals surface area contributed by atoms with Gasteiger partial charge < -0.3 is 4.90 Å². The lowest BCUT2D eigenvalue weighted by Crippen LogP contribution is -2.39. The number of rotatable bonds is 2. The predicted molar refractivity (Wildman–Crippen MR) is 99.3 cm³/mol. The van der Waals surface area contributed by atoms with Crippen molar-refractivity contribution in [2.75, 3.05) is 25.1 Å². The van der Waals surface area contributed by atoms with Gasteiger partial charge in [0.2, 0.25) is 0 Å². The highest BCUT2D eigenvalue weighted by molar-refractivity contribution is 6.30. The normalized spacial score (nSPS) is 18.3. The van der Waals surface area contributed by atoms with E-state index in [1.807, 2.05) is 36.3 Å². The second kappa shape index (κ2) is 6.85. The SMILES string of the molecule is CN1Cc2cc(C(=O)N3CCC(F)CC3)ccc2N1c1cncc(Cl)c1. The summed E-state index contributed by atoms with van der Waals surface area (Å²) >= 11 is 6.08. The van der Waals surface area contributed by atoms with Gasteiger partial charge >= 0.3 is 0 Å². The Morgan fingerprint density at radius 1 is 1.23 bits per heavy atom. The van der Waals surface area contributed by atoms with Crippen molar-refractivity contribution in [1.82, 2.24) is 14.9 Å². The zero-order valence-electron chi connectivity index (χ0n) is 14.5. The summed E-state index contributed by atoms with van der Waals surface area (Å²) in [5.41, 5.74) is 3.61. The number of nitrogens with zero attached hydrogens (tertiary/aromatic N) is 4. The Hall–Kier alpha value is -2.18. The van der Waals surface area contributed by atoms with Crippen LogP contribution in [0.15, 0.2) is 36.7 Å². The number of hydrogen-bond donors (Lipinski definition) is 0. The van der Waals surface area contributed by atoms with E-state index in [4.69, 9.17) is 11.6 Å². The van der Waals surface area contributed by atoms with Crippen LogP contribution in [0.4, 0.5) is 15.8 Å². The number of pyridine rings is 1. The molecule has 2 aromatic rings. The standard InChI is InChI=1S/C19H20ClFN4O/c1-23-12-14-8-13(19(26)24-6-4-16(21)5-7-24)2-3-18(14)25(23)17-9-15(20)10-22-11-17/h2-3,8-11,16H,4-7,12H2,1H3. The number of aromatic nitrogens is 1. The molecule has 2 aliphatic heterocycles. The number of halogens is 2. The number of hydrazine groups is 1. The van der Waals surface area contributed by atoms with Gasteiger partial charge in [0.25, 0.3) is 5.91 Å². The number of amides is 1. The lowest BCUT2D eigenvalue weighted by Gasteiger charge is -2.29. The molecule has 1 aromatic heterocycles. The van der Waals surface area contributed by atoms with Crippen molar-refractivity contribution >= 4 is 28.9 Å². The molecule has 0 bridgehead atoms. The van der Waals surface area contributed by atoms with Crippen LogP contribution >= 0.6 is 11.6 Å². The lowest BCUT2D eigenvalue weighted by atomic mass is 10.0. The Morgan fingerprint density at radius 2 is 2.00 bits per heavy atom. The molecule has 1 saturated heterocycles. The number of fused-ring (bicyclic) bond motifs is 1. The maximum atomic E-state index is 13.3. The number of carbonyl (C=O) groups excluding carboxylic acids is 1. The largest absolute Gasteiger partial charge is 0.338 e. The van der Waals surface area contributed by atoms with Crippen LogP contribution in [0.1, 0.15) is 28.8 Å². The number of hydrogen-bond acceptors (Lipinski definition) is 4. The molecule has 0 radical (unpaired) electrons. The molecule has 0 spiro atoms. The molecule has 0 atom stereocenters. The number of likely N-dealkylation sites (tertiary alicyclic amines) is 1. The van der Waals surface area contributed by atoms with E-state index < -0.39 is 6.17 Å². The van der Waals surface area contributed by atoms with E-state index in [-0.39, 0.29) is 5.91 Å². The lowest BCUT2D eigenvalue weighted by molar-refractivity contribution is 0.0667. The highest BCUT2D eigenvalue weighted by atomic mass is 35.5.